The Balaban J connectivity index is 1.87. The first kappa shape index (κ1) is 13.5. The summed E-state index contributed by atoms with van der Waals surface area (Å²) in [6.07, 6.45) is 0. The fraction of sp³-hybridized carbons (Fsp3) is 0.0556. The average Bonchev–Trinajstić information content (AvgIpc) is 2.89. The van der Waals surface area contributed by atoms with Gasteiger partial charge in [-0.2, -0.15) is 0 Å². The summed E-state index contributed by atoms with van der Waals surface area (Å²) in [6, 6.07) is 16.0. The molecule has 1 aromatic heterocycles. The van der Waals surface area contributed by atoms with Crippen molar-refractivity contribution >= 4 is 28.5 Å². The lowest BCUT2D eigenvalue weighted by atomic mass is 9.94. The fourth-order valence-electron chi connectivity index (χ4n) is 2.93. The van der Waals surface area contributed by atoms with Gasteiger partial charge in [-0.15, -0.1) is 0 Å². The van der Waals surface area contributed by atoms with Gasteiger partial charge in [0.25, 0.3) is 0 Å². The summed E-state index contributed by atoms with van der Waals surface area (Å²) in [6.45, 7) is 0. The number of hydrogen-bond donors (Lipinski definition) is 2. The van der Waals surface area contributed by atoms with Crippen molar-refractivity contribution in [1.82, 2.24) is 4.98 Å². The van der Waals surface area contributed by atoms with Crippen LogP contribution in [0, 0.1) is 0 Å². The number of amides is 1. The van der Waals surface area contributed by atoms with Crippen molar-refractivity contribution in [2.24, 2.45) is 0 Å². The van der Waals surface area contributed by atoms with Crippen molar-refractivity contribution in [3.05, 3.63) is 71.4 Å². The SMILES string of the molecule is O=C(O)c1ccc2c(c1)C(c1ccc3ccccc3n1)C(=O)N2. The Labute approximate surface area is 131 Å². The zero-order valence-electron chi connectivity index (χ0n) is 12.0. The number of aromatic nitrogens is 1. The van der Waals surface area contributed by atoms with Gasteiger partial charge < -0.3 is 10.4 Å². The lowest BCUT2D eigenvalue weighted by molar-refractivity contribution is -0.116. The fourth-order valence-corrected chi connectivity index (χ4v) is 2.93. The molecular weight excluding hydrogens is 292 g/mol. The van der Waals surface area contributed by atoms with Crippen molar-refractivity contribution in [3.63, 3.8) is 0 Å². The third-order valence-corrected chi connectivity index (χ3v) is 4.05. The van der Waals surface area contributed by atoms with Gasteiger partial charge in [0.05, 0.1) is 16.8 Å². The monoisotopic (exact) mass is 304 g/mol. The van der Waals surface area contributed by atoms with Crippen molar-refractivity contribution in [2.75, 3.05) is 5.32 Å². The van der Waals surface area contributed by atoms with Crippen LogP contribution in [0.4, 0.5) is 5.69 Å². The number of carbonyl (C=O) groups is 2. The standard InChI is InChI=1S/C18H12N2O3/c21-17-16(12-9-11(18(22)23)6-7-14(12)20-17)15-8-5-10-3-1-2-4-13(10)19-15/h1-9,16H,(H,20,21)(H,22,23). The van der Waals surface area contributed by atoms with Gasteiger partial charge in [-0.25, -0.2) is 4.79 Å². The lowest BCUT2D eigenvalue weighted by Crippen LogP contribution is -2.14. The smallest absolute Gasteiger partial charge is 0.335 e. The number of carboxylic acid groups (broad SMARTS) is 1. The molecule has 1 aliphatic rings. The first-order valence-electron chi connectivity index (χ1n) is 7.17. The van der Waals surface area contributed by atoms with Gasteiger partial charge in [0.1, 0.15) is 5.92 Å². The second-order valence-corrected chi connectivity index (χ2v) is 5.46. The van der Waals surface area contributed by atoms with Gasteiger partial charge in [0, 0.05) is 11.1 Å². The number of fused-ring (bicyclic) bond motifs is 2. The van der Waals surface area contributed by atoms with E-state index in [0.717, 1.165) is 10.9 Å². The molecule has 1 amide bonds. The second kappa shape index (κ2) is 4.91. The van der Waals surface area contributed by atoms with Crippen LogP contribution in [0.3, 0.4) is 0 Å². The van der Waals surface area contributed by atoms with Crippen LogP contribution in [0.15, 0.2) is 54.6 Å². The molecule has 5 heteroatoms. The van der Waals surface area contributed by atoms with E-state index in [1.165, 1.54) is 12.1 Å². The molecule has 23 heavy (non-hydrogen) atoms. The van der Waals surface area contributed by atoms with E-state index in [4.69, 9.17) is 5.11 Å². The van der Waals surface area contributed by atoms with Crippen LogP contribution < -0.4 is 5.32 Å². The predicted molar refractivity (Wildman–Crippen MR) is 85.6 cm³/mol. The van der Waals surface area contributed by atoms with E-state index in [1.54, 1.807) is 6.07 Å². The molecule has 1 atom stereocenters. The molecule has 3 aromatic rings. The van der Waals surface area contributed by atoms with Crippen molar-refractivity contribution in [2.45, 2.75) is 5.92 Å². The van der Waals surface area contributed by atoms with Crippen molar-refractivity contribution in [3.8, 4) is 0 Å². The second-order valence-electron chi connectivity index (χ2n) is 5.46. The van der Waals surface area contributed by atoms with Crippen molar-refractivity contribution < 1.29 is 14.7 Å². The number of nitrogens with zero attached hydrogens (tertiary/aromatic N) is 1. The molecule has 1 aliphatic heterocycles. The summed E-state index contributed by atoms with van der Waals surface area (Å²) in [4.78, 5) is 28.1. The van der Waals surface area contributed by atoms with Gasteiger partial charge in [-0.05, 0) is 35.9 Å². The highest BCUT2D eigenvalue weighted by atomic mass is 16.4. The van der Waals surface area contributed by atoms with Gasteiger partial charge in [0.2, 0.25) is 5.91 Å². The highest BCUT2D eigenvalue weighted by molar-refractivity contribution is 6.06. The molecule has 0 radical (unpaired) electrons. The maximum atomic E-state index is 12.4. The Morgan fingerprint density at radius 1 is 1.09 bits per heavy atom. The van der Waals surface area contributed by atoms with Crippen LogP contribution >= 0.6 is 0 Å². The quantitative estimate of drug-likeness (QED) is 0.762. The first-order chi connectivity index (χ1) is 11.1. The largest absolute Gasteiger partial charge is 0.478 e. The van der Waals surface area contributed by atoms with E-state index in [2.05, 4.69) is 10.3 Å². The molecule has 0 aliphatic carbocycles. The summed E-state index contributed by atoms with van der Waals surface area (Å²) in [7, 11) is 0. The normalized spacial score (nSPS) is 16.2. The van der Waals surface area contributed by atoms with E-state index >= 15 is 0 Å². The molecule has 0 spiro atoms. The number of rotatable bonds is 2. The van der Waals surface area contributed by atoms with Crippen molar-refractivity contribution in [1.29, 1.82) is 0 Å². The minimum absolute atomic E-state index is 0.158. The molecule has 2 aromatic carbocycles. The van der Waals surface area contributed by atoms with E-state index in [1.807, 2.05) is 36.4 Å². The molecule has 0 saturated heterocycles. The minimum Gasteiger partial charge on any atom is -0.478 e. The maximum absolute atomic E-state index is 12.4. The van der Waals surface area contributed by atoms with E-state index < -0.39 is 11.9 Å². The minimum atomic E-state index is -1.02. The summed E-state index contributed by atoms with van der Waals surface area (Å²) in [5, 5.41) is 12.9. The third-order valence-electron chi connectivity index (χ3n) is 4.05. The van der Waals surface area contributed by atoms with E-state index in [-0.39, 0.29) is 11.5 Å². The molecule has 0 fully saturated rings. The topological polar surface area (TPSA) is 79.3 Å². The number of carboxylic acids is 1. The Morgan fingerprint density at radius 3 is 2.74 bits per heavy atom. The summed E-state index contributed by atoms with van der Waals surface area (Å²) in [5.74, 6) is -1.79. The van der Waals surface area contributed by atoms with Crippen LogP contribution in [0.1, 0.15) is 27.5 Å². The van der Waals surface area contributed by atoms with Crippen LogP contribution in [0.2, 0.25) is 0 Å². The Kier molecular flexibility index (Phi) is 2.87. The number of anilines is 1. The molecular formula is C18H12N2O3. The number of pyridine rings is 1. The molecule has 0 bridgehead atoms. The molecule has 0 saturated carbocycles. The molecule has 4 rings (SSSR count). The zero-order valence-corrected chi connectivity index (χ0v) is 12.0. The van der Waals surface area contributed by atoms with Crippen LogP contribution in [0.5, 0.6) is 0 Å². The number of carbonyl (C=O) groups excluding carboxylic acids is 1. The Hall–Kier alpha value is -3.21. The summed E-state index contributed by atoms with van der Waals surface area (Å²) in [5.41, 5.74) is 2.87. The highest BCUT2D eigenvalue weighted by Crippen LogP contribution is 2.37. The predicted octanol–water partition coefficient (Wildman–Crippen LogP) is 3.02. The number of hydrogen-bond acceptors (Lipinski definition) is 3. The van der Waals surface area contributed by atoms with E-state index in [9.17, 15) is 9.59 Å². The van der Waals surface area contributed by atoms with Gasteiger partial charge in [0.15, 0.2) is 0 Å². The Bertz CT molecular complexity index is 965. The maximum Gasteiger partial charge on any atom is 0.335 e. The number of nitrogens with one attached hydrogen (secondary N) is 1. The number of para-hydroxylation sites is 1. The molecule has 5 nitrogen and oxygen atoms in total. The van der Waals surface area contributed by atoms with Crippen LogP contribution in [-0.4, -0.2) is 22.0 Å². The van der Waals surface area contributed by atoms with Crippen LogP contribution in [-0.2, 0) is 4.79 Å². The third kappa shape index (κ3) is 2.14. The van der Waals surface area contributed by atoms with Gasteiger partial charge >= 0.3 is 5.97 Å². The number of aromatic carboxylic acids is 1. The van der Waals surface area contributed by atoms with Crippen LogP contribution in [0.25, 0.3) is 10.9 Å². The molecule has 112 valence electrons. The molecule has 1 unspecified atom stereocenters. The summed E-state index contributed by atoms with van der Waals surface area (Å²) < 4.78 is 0. The number of benzene rings is 2. The van der Waals surface area contributed by atoms with Gasteiger partial charge in [-0.1, -0.05) is 24.3 Å². The average molecular weight is 304 g/mol. The first-order valence-corrected chi connectivity index (χ1v) is 7.17. The molecule has 2 N–H and O–H groups in total. The Morgan fingerprint density at radius 2 is 1.91 bits per heavy atom. The van der Waals surface area contributed by atoms with Gasteiger partial charge in [-0.3, -0.25) is 9.78 Å². The van der Waals surface area contributed by atoms with E-state index in [0.29, 0.717) is 16.9 Å². The zero-order chi connectivity index (χ0) is 16.0. The lowest BCUT2D eigenvalue weighted by Gasteiger charge is -2.10. The molecule has 2 heterocycles. The highest BCUT2D eigenvalue weighted by Gasteiger charge is 2.33. The summed E-state index contributed by atoms with van der Waals surface area (Å²) >= 11 is 0.